The van der Waals surface area contributed by atoms with Crippen LogP contribution in [-0.2, 0) is 14.3 Å². The third-order valence-corrected chi connectivity index (χ3v) is 7.79. The molecule has 0 bridgehead atoms. The normalized spacial score (nSPS) is 43.3. The molecule has 1 aliphatic heterocycles. The summed E-state index contributed by atoms with van der Waals surface area (Å²) >= 11 is 0. The van der Waals surface area contributed by atoms with Gasteiger partial charge in [-0.2, -0.15) is 0 Å². The van der Waals surface area contributed by atoms with Crippen molar-refractivity contribution in [2.75, 3.05) is 7.11 Å². The number of Topliss-reactive ketones (excluding diaryl/α,β-unsaturated/α-hetero) is 1. The maximum atomic E-state index is 13.9. The van der Waals surface area contributed by atoms with Crippen LogP contribution in [-0.4, -0.2) is 53.4 Å². The highest BCUT2D eigenvalue weighted by Gasteiger charge is 2.65. The Labute approximate surface area is 186 Å². The largest absolute Gasteiger partial charge is 0.390 e. The predicted octanol–water partition coefficient (Wildman–Crippen LogP) is 2.78. The Morgan fingerprint density at radius 1 is 1.19 bits per heavy atom. The van der Waals surface area contributed by atoms with E-state index in [1.807, 2.05) is 13.0 Å². The molecular weight excluding hydrogens is 394 g/mol. The fourth-order valence-electron chi connectivity index (χ4n) is 6.18. The minimum Gasteiger partial charge on any atom is -0.390 e. The van der Waals surface area contributed by atoms with E-state index in [0.717, 1.165) is 12.0 Å². The number of amides is 1. The highest BCUT2D eigenvalue weighted by atomic mass is 16.5. The molecule has 174 valence electrons. The Kier molecular flexibility index (Phi) is 7.14. The lowest BCUT2D eigenvalue weighted by atomic mass is 9.54. The number of carbonyl (C=O) groups is 2. The van der Waals surface area contributed by atoms with Crippen molar-refractivity contribution < 1.29 is 24.5 Å². The Bertz CT molecular complexity index is 772. The molecule has 0 aromatic heterocycles. The average Bonchev–Trinajstić information content (AvgIpc) is 2.96. The van der Waals surface area contributed by atoms with E-state index >= 15 is 0 Å². The van der Waals surface area contributed by atoms with Gasteiger partial charge in [0.05, 0.1) is 12.2 Å². The summed E-state index contributed by atoms with van der Waals surface area (Å²) < 4.78 is 5.37. The van der Waals surface area contributed by atoms with Crippen LogP contribution >= 0.6 is 0 Å². The zero-order valence-corrected chi connectivity index (χ0v) is 19.7. The van der Waals surface area contributed by atoms with Crippen molar-refractivity contribution in [3.05, 3.63) is 23.3 Å². The summed E-state index contributed by atoms with van der Waals surface area (Å²) in [5.74, 6) is -0.559. The van der Waals surface area contributed by atoms with Gasteiger partial charge in [-0.25, -0.2) is 0 Å². The van der Waals surface area contributed by atoms with E-state index in [1.54, 1.807) is 0 Å². The van der Waals surface area contributed by atoms with Gasteiger partial charge in [0.1, 0.15) is 11.5 Å². The van der Waals surface area contributed by atoms with Crippen LogP contribution in [0, 0.1) is 29.1 Å². The van der Waals surface area contributed by atoms with Crippen LogP contribution in [0.2, 0.25) is 0 Å². The van der Waals surface area contributed by atoms with Gasteiger partial charge in [0, 0.05) is 31.4 Å². The van der Waals surface area contributed by atoms with Crippen molar-refractivity contribution in [3.63, 3.8) is 0 Å². The molecule has 0 radical (unpaired) electrons. The van der Waals surface area contributed by atoms with Crippen LogP contribution < -0.4 is 5.32 Å². The van der Waals surface area contributed by atoms with Gasteiger partial charge < -0.3 is 20.3 Å². The number of aliphatic hydroxyl groups excluding tert-OH is 2. The summed E-state index contributed by atoms with van der Waals surface area (Å²) in [5.41, 5.74) is 0.979. The topological polar surface area (TPSA) is 95.9 Å². The second-order valence-corrected chi connectivity index (χ2v) is 10.3. The quantitative estimate of drug-likeness (QED) is 0.470. The average molecular weight is 434 g/mol. The molecule has 31 heavy (non-hydrogen) atoms. The van der Waals surface area contributed by atoms with E-state index in [4.69, 9.17) is 4.74 Å². The second kappa shape index (κ2) is 9.16. The maximum Gasteiger partial charge on any atom is 0.235 e. The van der Waals surface area contributed by atoms with Crippen molar-refractivity contribution in [2.24, 2.45) is 29.1 Å². The summed E-state index contributed by atoms with van der Waals surface area (Å²) in [6.45, 7) is 10.4. The molecule has 1 fully saturated rings. The first-order valence-corrected chi connectivity index (χ1v) is 11.6. The Hall–Kier alpha value is -1.50. The number of carbonyl (C=O) groups excluding carboxylic acids is 2. The summed E-state index contributed by atoms with van der Waals surface area (Å²) in [5, 5.41) is 24.6. The van der Waals surface area contributed by atoms with Crippen molar-refractivity contribution in [3.8, 4) is 0 Å². The van der Waals surface area contributed by atoms with Crippen LogP contribution in [0.15, 0.2) is 23.3 Å². The van der Waals surface area contributed by atoms with Crippen LogP contribution in [0.3, 0.4) is 0 Å². The standard InChI is InChI=1S/C25H39NO5/c1-13(2)9-18-22-16(5)15(4)11-17-10-14(3)7-8-19(27)23(31-6)20(28)12-21(29)25(17,22)24(30)26-18/h10-11,13,16-20,22-23,27-28H,7-9,12H2,1-6H3,(H,26,30)/b14-10+/t16-,17+,18+,19-,20+,22+,23+,25-/m1/s1. The molecular formula is C25H39NO5. The number of aliphatic hydroxyl groups is 2. The van der Waals surface area contributed by atoms with Gasteiger partial charge in [-0.15, -0.1) is 0 Å². The van der Waals surface area contributed by atoms with E-state index in [0.29, 0.717) is 18.8 Å². The van der Waals surface area contributed by atoms with Crippen LogP contribution in [0.1, 0.15) is 60.3 Å². The smallest absolute Gasteiger partial charge is 0.235 e. The minimum atomic E-state index is -1.24. The van der Waals surface area contributed by atoms with Crippen molar-refractivity contribution >= 4 is 11.7 Å². The van der Waals surface area contributed by atoms with Crippen LogP contribution in [0.25, 0.3) is 0 Å². The molecule has 1 saturated heterocycles. The number of ketones is 1. The summed E-state index contributed by atoms with van der Waals surface area (Å²) in [6, 6.07) is -0.0858. The minimum absolute atomic E-state index is 0.0719. The fourth-order valence-corrected chi connectivity index (χ4v) is 6.18. The highest BCUT2D eigenvalue weighted by Crippen LogP contribution is 2.55. The molecule has 6 nitrogen and oxygen atoms in total. The first-order valence-electron chi connectivity index (χ1n) is 11.6. The van der Waals surface area contributed by atoms with E-state index in [2.05, 4.69) is 39.1 Å². The highest BCUT2D eigenvalue weighted by molar-refractivity contribution is 6.09. The lowest BCUT2D eigenvalue weighted by Crippen LogP contribution is -2.54. The fraction of sp³-hybridized carbons (Fsp3) is 0.760. The van der Waals surface area contributed by atoms with E-state index in [9.17, 15) is 19.8 Å². The SMILES string of the molecule is CO[C@H]1[C@H](O)CC/C(C)=C/[C@H]2C=C(C)[C@@H](C)[C@H]3[C@H](CC(C)C)NC(=O)[C@]32C(=O)C[C@@H]1O. The van der Waals surface area contributed by atoms with Crippen LogP contribution in [0.5, 0.6) is 0 Å². The molecule has 1 amide bonds. The van der Waals surface area contributed by atoms with Crippen molar-refractivity contribution in [2.45, 2.75) is 84.7 Å². The van der Waals surface area contributed by atoms with E-state index < -0.39 is 23.7 Å². The maximum absolute atomic E-state index is 13.9. The molecule has 0 unspecified atom stereocenters. The number of hydrogen-bond acceptors (Lipinski definition) is 5. The lowest BCUT2D eigenvalue weighted by Gasteiger charge is -2.45. The molecule has 0 saturated carbocycles. The number of nitrogens with one attached hydrogen (secondary N) is 1. The number of ether oxygens (including phenoxy) is 1. The van der Waals surface area contributed by atoms with Crippen molar-refractivity contribution in [1.29, 1.82) is 0 Å². The number of hydrogen-bond donors (Lipinski definition) is 3. The lowest BCUT2D eigenvalue weighted by molar-refractivity contribution is -0.149. The summed E-state index contributed by atoms with van der Waals surface area (Å²) in [7, 11) is 1.43. The molecule has 0 aromatic rings. The molecule has 1 spiro atoms. The molecule has 3 rings (SSSR count). The van der Waals surface area contributed by atoms with Gasteiger partial charge in [0.15, 0.2) is 5.78 Å². The first kappa shape index (κ1) is 24.1. The molecule has 6 heteroatoms. The third kappa shape index (κ3) is 4.14. The summed E-state index contributed by atoms with van der Waals surface area (Å²) in [4.78, 5) is 27.6. The predicted molar refractivity (Wildman–Crippen MR) is 119 cm³/mol. The molecule has 3 aliphatic rings. The monoisotopic (exact) mass is 433 g/mol. The van der Waals surface area contributed by atoms with Crippen molar-refractivity contribution in [1.82, 2.24) is 5.32 Å². The van der Waals surface area contributed by atoms with Gasteiger partial charge in [0.2, 0.25) is 5.91 Å². The second-order valence-electron chi connectivity index (χ2n) is 10.3. The van der Waals surface area contributed by atoms with E-state index in [-0.39, 0.29) is 41.9 Å². The molecule has 1 heterocycles. The Balaban J connectivity index is 2.17. The number of rotatable bonds is 3. The van der Waals surface area contributed by atoms with Gasteiger partial charge in [0.25, 0.3) is 0 Å². The third-order valence-electron chi connectivity index (χ3n) is 7.79. The summed E-state index contributed by atoms with van der Waals surface area (Å²) in [6.07, 6.45) is 2.84. The molecule has 0 aromatic carbocycles. The van der Waals surface area contributed by atoms with E-state index in [1.165, 1.54) is 12.7 Å². The van der Waals surface area contributed by atoms with Gasteiger partial charge >= 0.3 is 0 Å². The molecule has 8 atom stereocenters. The zero-order chi connectivity index (χ0) is 23.1. The zero-order valence-electron chi connectivity index (χ0n) is 19.7. The molecule has 2 aliphatic carbocycles. The van der Waals surface area contributed by atoms with Gasteiger partial charge in [-0.1, -0.05) is 44.1 Å². The molecule has 3 N–H and O–H groups in total. The first-order chi connectivity index (χ1) is 14.5. The Morgan fingerprint density at radius 3 is 2.48 bits per heavy atom. The van der Waals surface area contributed by atoms with Gasteiger partial charge in [-0.3, -0.25) is 9.59 Å². The number of allylic oxidation sites excluding steroid dienone is 4. The van der Waals surface area contributed by atoms with Gasteiger partial charge in [-0.05, 0) is 44.9 Å². The van der Waals surface area contributed by atoms with Crippen LogP contribution in [0.4, 0.5) is 0 Å². The Morgan fingerprint density at radius 2 is 1.87 bits per heavy atom. The number of methoxy groups -OCH3 is 1.